The molecule has 0 saturated heterocycles. The summed E-state index contributed by atoms with van der Waals surface area (Å²) < 4.78 is 0. The molecule has 0 aliphatic rings. The van der Waals surface area contributed by atoms with Crippen molar-refractivity contribution in [3.8, 4) is 0 Å². The monoisotopic (exact) mass is 357 g/mol. The Morgan fingerprint density at radius 3 is 2.77 bits per heavy atom. The molecule has 0 aliphatic heterocycles. The van der Waals surface area contributed by atoms with E-state index in [9.17, 15) is 4.79 Å². The van der Waals surface area contributed by atoms with E-state index in [4.69, 9.17) is 23.2 Å². The second-order valence-electron chi connectivity index (χ2n) is 4.72. The van der Waals surface area contributed by atoms with Gasteiger partial charge in [-0.3, -0.25) is 10.2 Å². The van der Waals surface area contributed by atoms with E-state index in [1.807, 2.05) is 5.38 Å². The molecule has 0 spiro atoms. The van der Waals surface area contributed by atoms with Gasteiger partial charge in [-0.1, -0.05) is 43.0 Å². The number of nitrogens with one attached hydrogen (secondary N) is 1. The highest BCUT2D eigenvalue weighted by molar-refractivity contribution is 7.13. The maximum atomic E-state index is 12.5. The van der Waals surface area contributed by atoms with Crippen molar-refractivity contribution in [1.29, 1.82) is 0 Å². The number of thiazole rings is 1. The van der Waals surface area contributed by atoms with Crippen LogP contribution in [0.3, 0.4) is 0 Å². The van der Waals surface area contributed by atoms with Gasteiger partial charge < -0.3 is 0 Å². The number of carbonyl (C=O) groups excluding carboxylic acids is 1. The number of unbranched alkanes of at least 4 members (excludes halogenated alkanes) is 2. The van der Waals surface area contributed by atoms with Crippen LogP contribution in [-0.4, -0.2) is 17.6 Å². The number of hydrogen-bond acceptors (Lipinski definition) is 3. The molecule has 0 bridgehead atoms. The van der Waals surface area contributed by atoms with Crippen LogP contribution in [0.2, 0.25) is 10.0 Å². The van der Waals surface area contributed by atoms with Crippen LogP contribution in [-0.2, 0) is 0 Å². The highest BCUT2D eigenvalue weighted by Gasteiger charge is 2.17. The van der Waals surface area contributed by atoms with Crippen LogP contribution in [0.4, 0.5) is 15.6 Å². The van der Waals surface area contributed by atoms with E-state index in [0.717, 1.165) is 24.9 Å². The number of halogens is 2. The van der Waals surface area contributed by atoms with Crippen LogP contribution < -0.4 is 10.2 Å². The van der Waals surface area contributed by atoms with Crippen LogP contribution in [0, 0.1) is 0 Å². The molecule has 2 rings (SSSR count). The molecule has 0 unspecified atom stereocenters. The normalized spacial score (nSPS) is 10.5. The van der Waals surface area contributed by atoms with Crippen molar-refractivity contribution in [2.45, 2.75) is 26.2 Å². The summed E-state index contributed by atoms with van der Waals surface area (Å²) in [5.74, 6) is 0. The fourth-order valence-electron chi connectivity index (χ4n) is 1.96. The number of anilines is 2. The lowest BCUT2D eigenvalue weighted by atomic mass is 10.2. The molecule has 2 aromatic rings. The predicted molar refractivity (Wildman–Crippen MR) is 94.5 cm³/mol. The summed E-state index contributed by atoms with van der Waals surface area (Å²) in [6.45, 7) is 2.74. The van der Waals surface area contributed by atoms with Crippen molar-refractivity contribution in [2.24, 2.45) is 0 Å². The molecule has 0 atom stereocenters. The van der Waals surface area contributed by atoms with E-state index in [2.05, 4.69) is 17.2 Å². The predicted octanol–water partition coefficient (Wildman–Crippen LogP) is 5.68. The number of nitrogens with zero attached hydrogens (tertiary/aromatic N) is 2. The van der Waals surface area contributed by atoms with Gasteiger partial charge in [0.1, 0.15) is 0 Å². The summed E-state index contributed by atoms with van der Waals surface area (Å²) in [6, 6.07) is 4.98. The first-order valence-corrected chi connectivity index (χ1v) is 8.68. The van der Waals surface area contributed by atoms with E-state index in [1.165, 1.54) is 11.3 Å². The average Bonchev–Trinajstić information content (AvgIpc) is 2.99. The molecule has 2 amide bonds. The summed E-state index contributed by atoms with van der Waals surface area (Å²) in [7, 11) is 0. The standard InChI is InChI=1S/C15H17Cl2N3OS/c1-2-3-4-8-20(11-5-6-12(16)13(17)10-11)15(21)19-14-18-7-9-22-14/h5-7,9-10H,2-4,8H2,1H3,(H,18,19,21). The van der Waals surface area contributed by atoms with Gasteiger partial charge >= 0.3 is 6.03 Å². The molecule has 1 N–H and O–H groups in total. The van der Waals surface area contributed by atoms with Gasteiger partial charge in [0.25, 0.3) is 0 Å². The first kappa shape index (κ1) is 17.1. The van der Waals surface area contributed by atoms with Crippen molar-refractivity contribution in [1.82, 2.24) is 4.98 Å². The molecular formula is C15H17Cl2N3OS. The van der Waals surface area contributed by atoms with Crippen LogP contribution in [0.15, 0.2) is 29.8 Å². The lowest BCUT2D eigenvalue weighted by molar-refractivity contribution is 0.256. The molecule has 1 heterocycles. The summed E-state index contributed by atoms with van der Waals surface area (Å²) in [4.78, 5) is 18.2. The molecule has 0 saturated carbocycles. The third-order valence-electron chi connectivity index (χ3n) is 3.09. The number of aromatic nitrogens is 1. The zero-order valence-corrected chi connectivity index (χ0v) is 14.5. The van der Waals surface area contributed by atoms with Crippen molar-refractivity contribution in [3.05, 3.63) is 39.8 Å². The largest absolute Gasteiger partial charge is 0.328 e. The van der Waals surface area contributed by atoms with Gasteiger partial charge in [0.05, 0.1) is 10.0 Å². The van der Waals surface area contributed by atoms with Crippen LogP contribution in [0.25, 0.3) is 0 Å². The summed E-state index contributed by atoms with van der Waals surface area (Å²) in [5.41, 5.74) is 0.722. The Bertz CT molecular complexity index is 619. The molecule has 7 heteroatoms. The Morgan fingerprint density at radius 1 is 1.32 bits per heavy atom. The van der Waals surface area contributed by atoms with Gasteiger partial charge in [0.15, 0.2) is 5.13 Å². The molecule has 4 nitrogen and oxygen atoms in total. The van der Waals surface area contributed by atoms with Gasteiger partial charge in [0.2, 0.25) is 0 Å². The molecule has 118 valence electrons. The van der Waals surface area contributed by atoms with Gasteiger partial charge in [-0.15, -0.1) is 11.3 Å². The number of urea groups is 1. The molecule has 22 heavy (non-hydrogen) atoms. The lowest BCUT2D eigenvalue weighted by Gasteiger charge is -2.23. The Morgan fingerprint density at radius 2 is 2.14 bits per heavy atom. The van der Waals surface area contributed by atoms with Crippen molar-refractivity contribution in [2.75, 3.05) is 16.8 Å². The summed E-state index contributed by atoms with van der Waals surface area (Å²) in [5, 5.41) is 6.09. The zero-order chi connectivity index (χ0) is 15.9. The quantitative estimate of drug-likeness (QED) is 0.676. The van der Waals surface area contributed by atoms with Crippen molar-refractivity contribution < 1.29 is 4.79 Å². The van der Waals surface area contributed by atoms with Gasteiger partial charge in [-0.25, -0.2) is 9.78 Å². The minimum absolute atomic E-state index is 0.218. The van der Waals surface area contributed by atoms with Crippen LogP contribution >= 0.6 is 34.5 Å². The second kappa shape index (κ2) is 8.36. The summed E-state index contributed by atoms with van der Waals surface area (Å²) in [6.07, 6.45) is 4.72. The van der Waals surface area contributed by atoms with E-state index in [0.29, 0.717) is 21.7 Å². The third kappa shape index (κ3) is 4.60. The number of amides is 2. The van der Waals surface area contributed by atoms with Gasteiger partial charge in [-0.2, -0.15) is 0 Å². The fraction of sp³-hybridized carbons (Fsp3) is 0.333. The van der Waals surface area contributed by atoms with Crippen LogP contribution in [0.5, 0.6) is 0 Å². The number of hydrogen-bond donors (Lipinski definition) is 1. The first-order valence-electron chi connectivity index (χ1n) is 7.05. The lowest BCUT2D eigenvalue weighted by Crippen LogP contribution is -2.35. The van der Waals surface area contributed by atoms with E-state index in [1.54, 1.807) is 29.3 Å². The Kier molecular flexibility index (Phi) is 6.49. The molecule has 1 aromatic heterocycles. The smallest absolute Gasteiger partial charge is 0.294 e. The Labute approximate surface area is 144 Å². The van der Waals surface area contributed by atoms with E-state index in [-0.39, 0.29) is 6.03 Å². The Balaban J connectivity index is 2.17. The van der Waals surface area contributed by atoms with Crippen LogP contribution in [0.1, 0.15) is 26.2 Å². The number of benzene rings is 1. The molecule has 0 radical (unpaired) electrons. The zero-order valence-electron chi connectivity index (χ0n) is 12.2. The van der Waals surface area contributed by atoms with E-state index < -0.39 is 0 Å². The average molecular weight is 358 g/mol. The molecule has 0 aliphatic carbocycles. The maximum absolute atomic E-state index is 12.5. The number of carbonyl (C=O) groups is 1. The second-order valence-corrected chi connectivity index (χ2v) is 6.43. The third-order valence-corrected chi connectivity index (χ3v) is 4.52. The summed E-state index contributed by atoms with van der Waals surface area (Å²) >= 11 is 13.4. The van der Waals surface area contributed by atoms with Crippen molar-refractivity contribution in [3.63, 3.8) is 0 Å². The minimum atomic E-state index is -0.218. The SMILES string of the molecule is CCCCCN(C(=O)Nc1nccs1)c1ccc(Cl)c(Cl)c1. The topological polar surface area (TPSA) is 45.2 Å². The first-order chi connectivity index (χ1) is 10.6. The number of rotatable bonds is 6. The Hall–Kier alpha value is -1.30. The highest BCUT2D eigenvalue weighted by atomic mass is 35.5. The molecule has 1 aromatic carbocycles. The fourth-order valence-corrected chi connectivity index (χ4v) is 2.78. The molecule has 0 fully saturated rings. The van der Waals surface area contributed by atoms with Gasteiger partial charge in [0, 0.05) is 23.8 Å². The maximum Gasteiger partial charge on any atom is 0.328 e. The van der Waals surface area contributed by atoms with Gasteiger partial charge in [-0.05, 0) is 24.6 Å². The minimum Gasteiger partial charge on any atom is -0.294 e. The highest BCUT2D eigenvalue weighted by Crippen LogP contribution is 2.28. The van der Waals surface area contributed by atoms with Crippen molar-refractivity contribution >= 4 is 51.4 Å². The van der Waals surface area contributed by atoms with E-state index >= 15 is 0 Å². The molecular weight excluding hydrogens is 341 g/mol.